The Morgan fingerprint density at radius 2 is 0.833 bits per heavy atom. The minimum atomic E-state index is -1.98. The molecule has 54 heavy (non-hydrogen) atoms. The van der Waals surface area contributed by atoms with Crippen molar-refractivity contribution in [3.05, 3.63) is 117 Å². The molecule has 3 aromatic carbocycles. The number of fused-ring (bicyclic) bond motifs is 4. The third kappa shape index (κ3) is 5.20. The Balaban J connectivity index is 1.02. The fourth-order valence-corrected chi connectivity index (χ4v) is 7.18. The van der Waals surface area contributed by atoms with Gasteiger partial charge < -0.3 is 8.83 Å². The van der Waals surface area contributed by atoms with Crippen LogP contribution in [0.2, 0.25) is 0 Å². The van der Waals surface area contributed by atoms with E-state index >= 15 is 0 Å². The number of hydrogen-bond donors (Lipinski definition) is 0. The molecule has 9 rings (SSSR count). The summed E-state index contributed by atoms with van der Waals surface area (Å²) in [5.74, 6) is -18.6. The van der Waals surface area contributed by atoms with Gasteiger partial charge in [-0.1, -0.05) is 0 Å². The van der Waals surface area contributed by atoms with Crippen LogP contribution in [0.3, 0.4) is 0 Å². The largest absolute Gasteiger partial charge is 0.435 e. The summed E-state index contributed by atoms with van der Waals surface area (Å²) in [6, 6.07) is 10.5. The van der Waals surface area contributed by atoms with Gasteiger partial charge in [0.2, 0.25) is 23.3 Å². The summed E-state index contributed by atoms with van der Waals surface area (Å²) in [6.45, 7) is 0. The molecule has 0 aliphatic carbocycles. The lowest BCUT2D eigenvalue weighted by Gasteiger charge is -2.03. The Bertz CT molecular complexity index is 2780. The number of carbonyl (C=O) groups is 2. The third-order valence-electron chi connectivity index (χ3n) is 8.08. The van der Waals surface area contributed by atoms with E-state index in [0.29, 0.717) is 55.6 Å². The van der Waals surface area contributed by atoms with E-state index in [2.05, 4.69) is 29.9 Å². The fraction of sp³-hybridized carbons (Fsp3) is 0. The lowest BCUT2D eigenvalue weighted by Crippen LogP contribution is -2.13. The van der Waals surface area contributed by atoms with E-state index in [1.54, 1.807) is 24.3 Å². The molecular formula is C34H8F8N6O4S2. The third-order valence-corrected chi connectivity index (χ3v) is 10.0. The Morgan fingerprint density at radius 1 is 0.481 bits per heavy atom. The number of carbonyl (C=O) groups excluding carboxylic acids is 2. The molecule has 0 aliphatic rings. The minimum Gasteiger partial charge on any atom is -0.435 e. The van der Waals surface area contributed by atoms with E-state index in [1.807, 2.05) is 12.1 Å². The first-order valence-corrected chi connectivity index (χ1v) is 16.5. The van der Waals surface area contributed by atoms with Gasteiger partial charge in [0.15, 0.2) is 44.5 Å². The van der Waals surface area contributed by atoms with Crippen molar-refractivity contribution < 1.29 is 53.5 Å². The first-order valence-electron chi connectivity index (χ1n) is 14.8. The van der Waals surface area contributed by atoms with E-state index < -0.39 is 79.8 Å². The Labute approximate surface area is 299 Å². The number of aromatic nitrogens is 6. The molecule has 0 saturated heterocycles. The molecule has 6 aromatic heterocycles. The number of hydrogen-bond acceptors (Lipinski definition) is 12. The second-order valence-electron chi connectivity index (χ2n) is 11.3. The summed E-state index contributed by atoms with van der Waals surface area (Å²) in [7, 11) is 0. The number of oxazole rings is 2. The van der Waals surface area contributed by atoms with Gasteiger partial charge in [-0.3, -0.25) is 9.59 Å². The van der Waals surface area contributed by atoms with Crippen LogP contribution in [0.4, 0.5) is 35.1 Å². The summed E-state index contributed by atoms with van der Waals surface area (Å²) in [4.78, 5) is 47.3. The van der Waals surface area contributed by atoms with E-state index in [4.69, 9.17) is 8.83 Å². The number of nitrogens with zero attached hydrogens (tertiary/aromatic N) is 6. The van der Waals surface area contributed by atoms with Gasteiger partial charge in [-0.2, -0.15) is 27.5 Å². The van der Waals surface area contributed by atoms with E-state index in [9.17, 15) is 44.7 Å². The van der Waals surface area contributed by atoms with Crippen LogP contribution >= 0.6 is 22.7 Å². The molecule has 0 aliphatic heterocycles. The van der Waals surface area contributed by atoms with Gasteiger partial charge in [-0.15, -0.1) is 22.7 Å². The van der Waals surface area contributed by atoms with Gasteiger partial charge in [0.05, 0.1) is 12.4 Å². The molecule has 0 saturated carbocycles. The summed E-state index contributed by atoms with van der Waals surface area (Å²) in [6.07, 6.45) is 2.31. The highest BCUT2D eigenvalue weighted by molar-refractivity contribution is 7.17. The molecule has 9 aromatic rings. The average Bonchev–Trinajstić information content (AvgIpc) is 3.96. The molecule has 0 unspecified atom stereocenters. The smallest absolute Gasteiger partial charge is 0.252 e. The second-order valence-corrected chi connectivity index (χ2v) is 13.4. The van der Waals surface area contributed by atoms with Gasteiger partial charge >= 0.3 is 0 Å². The molecule has 6 heterocycles. The Hall–Kier alpha value is -6.54. The predicted molar refractivity (Wildman–Crippen MR) is 174 cm³/mol. The molecule has 20 heteroatoms. The maximum absolute atomic E-state index is 14.2. The van der Waals surface area contributed by atoms with E-state index in [-0.39, 0.29) is 21.5 Å². The van der Waals surface area contributed by atoms with Crippen molar-refractivity contribution in [3.63, 3.8) is 0 Å². The van der Waals surface area contributed by atoms with Crippen molar-refractivity contribution in [2.45, 2.75) is 0 Å². The normalized spacial score (nSPS) is 11.9. The van der Waals surface area contributed by atoms with Crippen LogP contribution in [0.1, 0.15) is 30.7 Å². The molecule has 0 amide bonds. The highest BCUT2D eigenvalue weighted by atomic mass is 32.1. The van der Waals surface area contributed by atoms with E-state index in [0.717, 1.165) is 23.2 Å². The van der Waals surface area contributed by atoms with Crippen molar-refractivity contribution >= 4 is 78.0 Å². The minimum absolute atomic E-state index is 0.00647. The molecule has 10 nitrogen and oxygen atoms in total. The molecule has 0 radical (unpaired) electrons. The molecule has 0 fully saturated rings. The van der Waals surface area contributed by atoms with Gasteiger partial charge in [0.25, 0.3) is 23.8 Å². The van der Waals surface area contributed by atoms with Crippen LogP contribution < -0.4 is 0 Å². The average molecular weight is 781 g/mol. The summed E-state index contributed by atoms with van der Waals surface area (Å²) in [5.41, 5.74) is -1.52. The first kappa shape index (κ1) is 33.3. The number of rotatable bonds is 6. The second kappa shape index (κ2) is 12.0. The monoisotopic (exact) mass is 780 g/mol. The molecule has 0 atom stereocenters. The topological polar surface area (TPSA) is 138 Å². The van der Waals surface area contributed by atoms with Crippen molar-refractivity contribution in [1.82, 2.24) is 29.9 Å². The zero-order chi connectivity index (χ0) is 37.7. The van der Waals surface area contributed by atoms with Crippen molar-refractivity contribution in [1.29, 1.82) is 0 Å². The number of benzene rings is 3. The highest BCUT2D eigenvalue weighted by Crippen LogP contribution is 2.36. The summed E-state index contributed by atoms with van der Waals surface area (Å²) in [5, 5.41) is 1.89. The van der Waals surface area contributed by atoms with Crippen LogP contribution in [0.15, 0.2) is 57.6 Å². The lowest BCUT2D eigenvalue weighted by molar-refractivity contribution is 0.101. The van der Waals surface area contributed by atoms with Crippen molar-refractivity contribution in [2.24, 2.45) is 0 Å². The lowest BCUT2D eigenvalue weighted by atomic mass is 10.0. The van der Waals surface area contributed by atoms with Gasteiger partial charge in [0, 0.05) is 0 Å². The van der Waals surface area contributed by atoms with Crippen molar-refractivity contribution in [3.8, 4) is 21.5 Å². The van der Waals surface area contributed by atoms with Crippen LogP contribution in [-0.4, -0.2) is 41.5 Å². The first-order chi connectivity index (χ1) is 25.8. The van der Waals surface area contributed by atoms with Crippen molar-refractivity contribution in [2.75, 3.05) is 0 Å². The van der Waals surface area contributed by atoms with Crippen LogP contribution in [0.5, 0.6) is 0 Å². The quantitative estimate of drug-likeness (QED) is 0.0696. The molecule has 0 N–H and O–H groups in total. The molecular weight excluding hydrogens is 773 g/mol. The number of halogens is 8. The molecule has 0 spiro atoms. The van der Waals surface area contributed by atoms with E-state index in [1.165, 1.54) is 0 Å². The SMILES string of the molecule is O=C(c1ncc(-c2nc3cc4cc5cc6oc(-c7cnc(C(=O)c8c(F)c(F)nc(F)c8F)s7)nc6cc5cc4cc3o2)s1)c1c(F)c(F)nc(F)c1F. The Kier molecular flexibility index (Phi) is 7.40. The summed E-state index contributed by atoms with van der Waals surface area (Å²) >= 11 is 1.27. The van der Waals surface area contributed by atoms with Crippen LogP contribution in [-0.2, 0) is 0 Å². The van der Waals surface area contributed by atoms with Gasteiger partial charge in [0.1, 0.15) is 31.9 Å². The van der Waals surface area contributed by atoms with Gasteiger partial charge in [-0.25, -0.2) is 37.5 Å². The number of thiazole rings is 2. The maximum Gasteiger partial charge on any atom is 0.252 e. The van der Waals surface area contributed by atoms with Crippen LogP contribution in [0, 0.1) is 47.1 Å². The predicted octanol–water partition coefficient (Wildman–Crippen LogP) is 8.89. The number of ketones is 2. The zero-order valence-corrected chi connectivity index (χ0v) is 27.4. The van der Waals surface area contributed by atoms with Gasteiger partial charge in [-0.05, 0) is 57.9 Å². The maximum atomic E-state index is 14.2. The molecule has 266 valence electrons. The van der Waals surface area contributed by atoms with Crippen LogP contribution in [0.25, 0.3) is 65.3 Å². The Morgan fingerprint density at radius 3 is 1.20 bits per heavy atom. The number of pyridine rings is 2. The summed E-state index contributed by atoms with van der Waals surface area (Å²) < 4.78 is 123. The zero-order valence-electron chi connectivity index (χ0n) is 25.8. The standard InChI is InChI=1S/C34H8F8N6O4S2/c35-21-19(22(36)28(40)47-27(21)39)25(49)33-43-7-17(53-33)31-45-13-3-9-1-11-5-15-14(4-10(11)2-12(9)6-16(13)52-31)46-32(51-15)18-8-44-34(54-18)26(50)20-23(37)29(41)48-30(42)24(20)38/h1-8H. The fourth-order valence-electron chi connectivity index (χ4n) is 5.60. The molecule has 0 bridgehead atoms. The highest BCUT2D eigenvalue weighted by Gasteiger charge is 2.31.